The number of rotatable bonds is 5. The molecule has 2 heterocycles. The lowest BCUT2D eigenvalue weighted by Crippen LogP contribution is -2.39. The molecule has 7 nitrogen and oxygen atoms in total. The molecule has 1 aliphatic rings. The van der Waals surface area contributed by atoms with Crippen LogP contribution in [0.2, 0.25) is 0 Å². The molecule has 1 aromatic heterocycles. The molecular formula is C19H23N3O4. The molecule has 1 N–H and O–H groups in total. The summed E-state index contributed by atoms with van der Waals surface area (Å²) < 4.78 is 6.77. The zero-order chi connectivity index (χ0) is 18.7. The number of ether oxygens (including phenoxy) is 1. The van der Waals surface area contributed by atoms with Crippen molar-refractivity contribution in [3.05, 3.63) is 47.3 Å². The van der Waals surface area contributed by atoms with E-state index in [4.69, 9.17) is 9.84 Å². The first-order chi connectivity index (χ1) is 12.5. The predicted octanol–water partition coefficient (Wildman–Crippen LogP) is 2.30. The fourth-order valence-electron chi connectivity index (χ4n) is 3.55. The molecule has 1 aromatic carbocycles. The van der Waals surface area contributed by atoms with E-state index in [0.717, 1.165) is 29.8 Å². The van der Waals surface area contributed by atoms with Crippen LogP contribution in [0.25, 0.3) is 0 Å². The van der Waals surface area contributed by atoms with Crippen molar-refractivity contribution >= 4 is 11.9 Å². The van der Waals surface area contributed by atoms with Crippen LogP contribution in [0.15, 0.2) is 30.5 Å². The molecule has 0 radical (unpaired) electrons. The summed E-state index contributed by atoms with van der Waals surface area (Å²) in [5.41, 5.74) is 2.44. The van der Waals surface area contributed by atoms with Crippen LogP contribution in [-0.4, -0.2) is 51.9 Å². The van der Waals surface area contributed by atoms with Crippen molar-refractivity contribution in [2.45, 2.75) is 32.2 Å². The molecule has 3 rings (SSSR count). The second-order valence-corrected chi connectivity index (χ2v) is 6.58. The van der Waals surface area contributed by atoms with E-state index in [1.807, 2.05) is 30.0 Å². The number of amides is 1. The highest BCUT2D eigenvalue weighted by Gasteiger charge is 2.28. The van der Waals surface area contributed by atoms with Gasteiger partial charge in [0.25, 0.3) is 5.91 Å². The molecule has 1 unspecified atom stereocenters. The van der Waals surface area contributed by atoms with Crippen LogP contribution in [0.1, 0.15) is 40.4 Å². The Balaban J connectivity index is 1.76. The summed E-state index contributed by atoms with van der Waals surface area (Å²) in [5, 5.41) is 13.1. The van der Waals surface area contributed by atoms with Crippen LogP contribution < -0.4 is 4.74 Å². The van der Waals surface area contributed by atoms with Gasteiger partial charge in [0, 0.05) is 36.5 Å². The minimum atomic E-state index is -0.924. The number of hydrogen-bond acceptors (Lipinski definition) is 4. The third kappa shape index (κ3) is 3.71. The van der Waals surface area contributed by atoms with Gasteiger partial charge in [-0.05, 0) is 49.6 Å². The van der Waals surface area contributed by atoms with E-state index in [1.165, 1.54) is 4.68 Å². The molecule has 2 aromatic rings. The number of carboxylic acid groups (broad SMARTS) is 1. The number of piperidine rings is 1. The number of aryl methyl sites for hydroxylation is 1. The van der Waals surface area contributed by atoms with E-state index >= 15 is 0 Å². The Morgan fingerprint density at radius 1 is 1.35 bits per heavy atom. The third-order valence-corrected chi connectivity index (χ3v) is 4.80. The van der Waals surface area contributed by atoms with Gasteiger partial charge in [-0.25, -0.2) is 0 Å². The maximum atomic E-state index is 12.9. The Hall–Kier alpha value is -2.83. The van der Waals surface area contributed by atoms with Gasteiger partial charge in [-0.15, -0.1) is 0 Å². The van der Waals surface area contributed by atoms with Crippen molar-refractivity contribution < 1.29 is 19.4 Å². The number of carboxylic acids is 1. The van der Waals surface area contributed by atoms with Crippen molar-refractivity contribution in [2.75, 3.05) is 20.2 Å². The van der Waals surface area contributed by atoms with Crippen molar-refractivity contribution in [3.63, 3.8) is 0 Å². The first kappa shape index (κ1) is 18.0. The number of likely N-dealkylation sites (tertiary alicyclic amines) is 1. The van der Waals surface area contributed by atoms with Crippen LogP contribution in [0, 0.1) is 6.92 Å². The molecule has 138 valence electrons. The topological polar surface area (TPSA) is 84.7 Å². The molecule has 1 fully saturated rings. The highest BCUT2D eigenvalue weighted by atomic mass is 16.5. The molecule has 1 saturated heterocycles. The standard InChI is InChI=1S/C19H23N3O4/c1-13-10-14(5-6-17(13)26-2)19(25)21-9-3-4-15(11-21)16-7-8-20-22(16)12-18(23)24/h5-8,10,15H,3-4,9,11-12H2,1-2H3,(H,23,24). The van der Waals surface area contributed by atoms with Gasteiger partial charge in [0.1, 0.15) is 12.3 Å². The lowest BCUT2D eigenvalue weighted by atomic mass is 9.94. The summed E-state index contributed by atoms with van der Waals surface area (Å²) in [5.74, 6) is -0.0818. The van der Waals surface area contributed by atoms with Gasteiger partial charge in [0.2, 0.25) is 0 Å². The average Bonchev–Trinajstić information content (AvgIpc) is 3.08. The Labute approximate surface area is 152 Å². The second kappa shape index (κ2) is 7.59. The molecule has 0 bridgehead atoms. The molecule has 0 saturated carbocycles. The summed E-state index contributed by atoms with van der Waals surface area (Å²) in [6.45, 7) is 3.02. The van der Waals surface area contributed by atoms with Crippen LogP contribution in [-0.2, 0) is 11.3 Å². The summed E-state index contributed by atoms with van der Waals surface area (Å²) in [6, 6.07) is 7.29. The number of nitrogens with zero attached hydrogens (tertiary/aromatic N) is 3. The number of benzene rings is 1. The SMILES string of the molecule is COc1ccc(C(=O)N2CCCC(c3ccnn3CC(=O)O)C2)cc1C. The Morgan fingerprint density at radius 3 is 2.85 bits per heavy atom. The van der Waals surface area contributed by atoms with Crippen LogP contribution >= 0.6 is 0 Å². The molecule has 0 spiro atoms. The molecule has 1 amide bonds. The predicted molar refractivity (Wildman–Crippen MR) is 95.5 cm³/mol. The van der Waals surface area contributed by atoms with Crippen molar-refractivity contribution in [3.8, 4) is 5.75 Å². The monoisotopic (exact) mass is 357 g/mol. The van der Waals surface area contributed by atoms with E-state index in [0.29, 0.717) is 18.7 Å². The molecule has 26 heavy (non-hydrogen) atoms. The summed E-state index contributed by atoms with van der Waals surface area (Å²) >= 11 is 0. The van der Waals surface area contributed by atoms with Gasteiger partial charge in [0.05, 0.1) is 7.11 Å². The van der Waals surface area contributed by atoms with Crippen LogP contribution in [0.3, 0.4) is 0 Å². The largest absolute Gasteiger partial charge is 0.496 e. The maximum Gasteiger partial charge on any atom is 0.325 e. The van der Waals surface area contributed by atoms with E-state index < -0.39 is 5.97 Å². The normalized spacial score (nSPS) is 17.2. The zero-order valence-electron chi connectivity index (χ0n) is 15.0. The minimum Gasteiger partial charge on any atom is -0.496 e. The van der Waals surface area contributed by atoms with E-state index in [9.17, 15) is 9.59 Å². The van der Waals surface area contributed by atoms with Gasteiger partial charge < -0.3 is 14.7 Å². The van der Waals surface area contributed by atoms with Gasteiger partial charge in [-0.3, -0.25) is 14.3 Å². The Morgan fingerprint density at radius 2 is 2.15 bits per heavy atom. The van der Waals surface area contributed by atoms with Gasteiger partial charge >= 0.3 is 5.97 Å². The number of carbonyl (C=O) groups is 2. The summed E-state index contributed by atoms with van der Waals surface area (Å²) in [7, 11) is 1.61. The first-order valence-corrected chi connectivity index (χ1v) is 8.67. The lowest BCUT2D eigenvalue weighted by Gasteiger charge is -2.33. The molecule has 1 aliphatic heterocycles. The number of methoxy groups -OCH3 is 1. The van der Waals surface area contributed by atoms with Gasteiger partial charge in [-0.2, -0.15) is 5.10 Å². The lowest BCUT2D eigenvalue weighted by molar-refractivity contribution is -0.137. The Kier molecular flexibility index (Phi) is 5.25. The Bertz CT molecular complexity index is 815. The quantitative estimate of drug-likeness (QED) is 0.888. The second-order valence-electron chi connectivity index (χ2n) is 6.58. The first-order valence-electron chi connectivity index (χ1n) is 8.67. The van der Waals surface area contributed by atoms with Crippen molar-refractivity contribution in [1.82, 2.24) is 14.7 Å². The summed E-state index contributed by atoms with van der Waals surface area (Å²) in [4.78, 5) is 25.7. The fourth-order valence-corrected chi connectivity index (χ4v) is 3.55. The molecule has 7 heteroatoms. The zero-order valence-corrected chi connectivity index (χ0v) is 15.0. The highest BCUT2D eigenvalue weighted by Crippen LogP contribution is 2.28. The minimum absolute atomic E-state index is 0.00949. The fraction of sp³-hybridized carbons (Fsp3) is 0.421. The third-order valence-electron chi connectivity index (χ3n) is 4.80. The average molecular weight is 357 g/mol. The number of hydrogen-bond donors (Lipinski definition) is 1. The number of carbonyl (C=O) groups excluding carboxylic acids is 1. The molecular weight excluding hydrogens is 334 g/mol. The van der Waals surface area contributed by atoms with Crippen LogP contribution in [0.5, 0.6) is 5.75 Å². The van der Waals surface area contributed by atoms with Gasteiger partial charge in [-0.1, -0.05) is 0 Å². The van der Waals surface area contributed by atoms with Gasteiger partial charge in [0.15, 0.2) is 0 Å². The number of aromatic nitrogens is 2. The molecule has 1 atom stereocenters. The smallest absolute Gasteiger partial charge is 0.325 e. The van der Waals surface area contributed by atoms with Crippen LogP contribution in [0.4, 0.5) is 0 Å². The molecule has 0 aliphatic carbocycles. The van der Waals surface area contributed by atoms with E-state index in [2.05, 4.69) is 5.10 Å². The van der Waals surface area contributed by atoms with E-state index in [1.54, 1.807) is 19.4 Å². The van der Waals surface area contributed by atoms with Crippen molar-refractivity contribution in [2.24, 2.45) is 0 Å². The maximum absolute atomic E-state index is 12.9. The van der Waals surface area contributed by atoms with E-state index in [-0.39, 0.29) is 18.4 Å². The highest BCUT2D eigenvalue weighted by molar-refractivity contribution is 5.94. The summed E-state index contributed by atoms with van der Waals surface area (Å²) in [6.07, 6.45) is 3.41. The van der Waals surface area contributed by atoms with Crippen molar-refractivity contribution in [1.29, 1.82) is 0 Å². The number of aliphatic carboxylic acids is 1.